The number of nitrogens with zero attached hydrogens (tertiary/aromatic N) is 2. The lowest BCUT2D eigenvalue weighted by atomic mass is 10.2. The molecule has 0 atom stereocenters. The number of carbonyl (C=O) groups excluding carboxylic acids is 1. The lowest BCUT2D eigenvalue weighted by molar-refractivity contribution is -0.118. The molecule has 2 aromatic heterocycles. The number of methoxy groups -OCH3 is 2. The van der Waals surface area contributed by atoms with Gasteiger partial charge in [0.25, 0.3) is 5.56 Å². The summed E-state index contributed by atoms with van der Waals surface area (Å²) in [5, 5.41) is 5.26. The number of rotatable bonds is 9. The Morgan fingerprint density at radius 3 is 2.48 bits per heavy atom. The standard InChI is InChI=1S/C24H23N3O4S2/c1-30-18-7-3-5-16(11-18)13-25-21(28)15-33-24-26-20-9-10-32-22(20)23(29)27(24)14-17-6-4-8-19(12-17)31-2/h3-12H,13-15H2,1-2H3,(H,25,28). The van der Waals surface area contributed by atoms with E-state index in [-0.39, 0.29) is 17.2 Å². The van der Waals surface area contributed by atoms with Gasteiger partial charge in [0.05, 0.1) is 32.0 Å². The molecule has 7 nitrogen and oxygen atoms in total. The number of amides is 1. The predicted molar refractivity (Wildman–Crippen MR) is 132 cm³/mol. The van der Waals surface area contributed by atoms with Crippen molar-refractivity contribution in [3.8, 4) is 11.5 Å². The van der Waals surface area contributed by atoms with Crippen LogP contribution in [0.5, 0.6) is 11.5 Å². The molecule has 170 valence electrons. The van der Waals surface area contributed by atoms with Gasteiger partial charge < -0.3 is 14.8 Å². The Kier molecular flexibility index (Phi) is 7.31. The zero-order valence-electron chi connectivity index (χ0n) is 18.2. The smallest absolute Gasteiger partial charge is 0.272 e. The summed E-state index contributed by atoms with van der Waals surface area (Å²) in [4.78, 5) is 30.3. The maximum absolute atomic E-state index is 13.2. The van der Waals surface area contributed by atoms with Crippen LogP contribution in [-0.2, 0) is 17.9 Å². The fraction of sp³-hybridized carbons (Fsp3) is 0.208. The van der Waals surface area contributed by atoms with Gasteiger partial charge in [-0.3, -0.25) is 14.2 Å². The summed E-state index contributed by atoms with van der Waals surface area (Å²) in [6.45, 7) is 0.731. The molecule has 2 aromatic carbocycles. The van der Waals surface area contributed by atoms with Gasteiger partial charge in [0, 0.05) is 6.54 Å². The zero-order valence-corrected chi connectivity index (χ0v) is 19.9. The number of hydrogen-bond donors (Lipinski definition) is 1. The molecular weight excluding hydrogens is 458 g/mol. The number of ether oxygens (including phenoxy) is 2. The van der Waals surface area contributed by atoms with Gasteiger partial charge in [0.2, 0.25) is 5.91 Å². The SMILES string of the molecule is COc1cccc(CNC(=O)CSc2nc3ccsc3c(=O)n2Cc2cccc(OC)c2)c1. The molecule has 1 amide bonds. The van der Waals surface area contributed by atoms with Crippen LogP contribution in [-0.4, -0.2) is 35.4 Å². The molecule has 0 saturated carbocycles. The Morgan fingerprint density at radius 1 is 1.06 bits per heavy atom. The topological polar surface area (TPSA) is 82.5 Å². The number of thioether (sulfide) groups is 1. The normalized spacial score (nSPS) is 10.8. The van der Waals surface area contributed by atoms with E-state index in [0.29, 0.717) is 28.5 Å². The third-order valence-electron chi connectivity index (χ3n) is 4.96. The van der Waals surface area contributed by atoms with E-state index in [1.54, 1.807) is 18.8 Å². The first kappa shape index (κ1) is 22.9. The van der Waals surface area contributed by atoms with Gasteiger partial charge >= 0.3 is 0 Å². The van der Waals surface area contributed by atoms with E-state index in [9.17, 15) is 9.59 Å². The molecule has 0 saturated heterocycles. The van der Waals surface area contributed by atoms with Crippen LogP contribution >= 0.6 is 23.1 Å². The second-order valence-corrected chi connectivity index (χ2v) is 9.05. The lowest BCUT2D eigenvalue weighted by Crippen LogP contribution is -2.26. The molecule has 4 aromatic rings. The minimum atomic E-state index is -0.143. The highest BCUT2D eigenvalue weighted by molar-refractivity contribution is 7.99. The molecule has 0 bridgehead atoms. The van der Waals surface area contributed by atoms with Gasteiger partial charge in [0.15, 0.2) is 5.16 Å². The van der Waals surface area contributed by atoms with Gasteiger partial charge in [-0.1, -0.05) is 36.0 Å². The van der Waals surface area contributed by atoms with Crippen molar-refractivity contribution in [3.05, 3.63) is 81.5 Å². The van der Waals surface area contributed by atoms with E-state index in [2.05, 4.69) is 10.3 Å². The van der Waals surface area contributed by atoms with E-state index in [1.807, 2.05) is 60.0 Å². The number of fused-ring (bicyclic) bond motifs is 1. The maximum atomic E-state index is 13.2. The summed E-state index contributed by atoms with van der Waals surface area (Å²) in [7, 11) is 3.21. The monoisotopic (exact) mass is 481 g/mol. The lowest BCUT2D eigenvalue weighted by Gasteiger charge is -2.13. The average Bonchev–Trinajstić information content (AvgIpc) is 3.32. The van der Waals surface area contributed by atoms with Gasteiger partial charge in [0.1, 0.15) is 16.2 Å². The molecule has 0 spiro atoms. The minimum absolute atomic E-state index is 0.114. The summed E-state index contributed by atoms with van der Waals surface area (Å²) in [5.74, 6) is 1.46. The van der Waals surface area contributed by atoms with Crippen molar-refractivity contribution >= 4 is 39.2 Å². The Labute approximate surface area is 199 Å². The summed E-state index contributed by atoms with van der Waals surface area (Å²) in [5.41, 5.74) is 2.39. The van der Waals surface area contributed by atoms with E-state index in [4.69, 9.17) is 9.47 Å². The summed E-state index contributed by atoms with van der Waals surface area (Å²) >= 11 is 2.62. The molecule has 0 fully saturated rings. The van der Waals surface area contributed by atoms with Crippen LogP contribution in [0.1, 0.15) is 11.1 Å². The molecule has 0 unspecified atom stereocenters. The molecule has 0 aliphatic heterocycles. The van der Waals surface area contributed by atoms with Gasteiger partial charge in [-0.25, -0.2) is 4.98 Å². The van der Waals surface area contributed by atoms with Crippen LogP contribution < -0.4 is 20.3 Å². The first-order valence-electron chi connectivity index (χ1n) is 10.2. The third kappa shape index (κ3) is 5.55. The van der Waals surface area contributed by atoms with Crippen molar-refractivity contribution in [1.82, 2.24) is 14.9 Å². The van der Waals surface area contributed by atoms with Gasteiger partial charge in [-0.15, -0.1) is 11.3 Å². The van der Waals surface area contributed by atoms with Crippen LogP contribution in [0.15, 0.2) is 69.9 Å². The van der Waals surface area contributed by atoms with Crippen LogP contribution in [0.2, 0.25) is 0 Å². The quantitative estimate of drug-likeness (QED) is 0.288. The number of thiophene rings is 1. The molecule has 33 heavy (non-hydrogen) atoms. The number of carbonyl (C=O) groups is 1. The summed E-state index contributed by atoms with van der Waals surface area (Å²) in [6, 6.07) is 16.9. The molecule has 0 aliphatic carbocycles. The molecule has 4 rings (SSSR count). The first-order chi connectivity index (χ1) is 16.1. The Hall–Kier alpha value is -3.30. The molecule has 1 N–H and O–H groups in total. The fourth-order valence-corrected chi connectivity index (χ4v) is 4.90. The number of aromatic nitrogens is 2. The highest BCUT2D eigenvalue weighted by atomic mass is 32.2. The van der Waals surface area contributed by atoms with E-state index in [0.717, 1.165) is 22.6 Å². The number of nitrogens with one attached hydrogen (secondary N) is 1. The Bertz CT molecular complexity index is 1330. The number of benzene rings is 2. The molecule has 0 radical (unpaired) electrons. The summed E-state index contributed by atoms with van der Waals surface area (Å²) < 4.78 is 12.7. The van der Waals surface area contributed by atoms with Crippen molar-refractivity contribution < 1.29 is 14.3 Å². The third-order valence-corrected chi connectivity index (χ3v) is 6.83. The Balaban J connectivity index is 1.50. The largest absolute Gasteiger partial charge is 0.497 e. The van der Waals surface area contributed by atoms with E-state index in [1.165, 1.54) is 23.1 Å². The van der Waals surface area contributed by atoms with E-state index < -0.39 is 0 Å². The highest BCUT2D eigenvalue weighted by Crippen LogP contribution is 2.22. The highest BCUT2D eigenvalue weighted by Gasteiger charge is 2.15. The van der Waals surface area contributed by atoms with Crippen LogP contribution in [0, 0.1) is 0 Å². The maximum Gasteiger partial charge on any atom is 0.272 e. The Morgan fingerprint density at radius 2 is 1.76 bits per heavy atom. The minimum Gasteiger partial charge on any atom is -0.497 e. The van der Waals surface area contributed by atoms with Crippen LogP contribution in [0.4, 0.5) is 0 Å². The van der Waals surface area contributed by atoms with Crippen molar-refractivity contribution in [2.24, 2.45) is 0 Å². The zero-order chi connectivity index (χ0) is 23.2. The van der Waals surface area contributed by atoms with Crippen LogP contribution in [0.3, 0.4) is 0 Å². The second-order valence-electron chi connectivity index (χ2n) is 7.19. The van der Waals surface area contributed by atoms with E-state index >= 15 is 0 Å². The second kappa shape index (κ2) is 10.5. The fourth-order valence-electron chi connectivity index (χ4n) is 3.29. The molecule has 2 heterocycles. The van der Waals surface area contributed by atoms with Crippen molar-refractivity contribution in [2.75, 3.05) is 20.0 Å². The molecule has 9 heteroatoms. The average molecular weight is 482 g/mol. The number of hydrogen-bond acceptors (Lipinski definition) is 7. The summed E-state index contributed by atoms with van der Waals surface area (Å²) in [6.07, 6.45) is 0. The van der Waals surface area contributed by atoms with Crippen molar-refractivity contribution in [1.29, 1.82) is 0 Å². The van der Waals surface area contributed by atoms with Gasteiger partial charge in [-0.2, -0.15) is 0 Å². The van der Waals surface area contributed by atoms with Gasteiger partial charge in [-0.05, 0) is 46.8 Å². The molecular formula is C24H23N3O4S2. The van der Waals surface area contributed by atoms with Crippen LogP contribution in [0.25, 0.3) is 10.2 Å². The molecule has 0 aliphatic rings. The van der Waals surface area contributed by atoms with Crippen molar-refractivity contribution in [3.63, 3.8) is 0 Å². The first-order valence-corrected chi connectivity index (χ1v) is 12.1. The predicted octanol–water partition coefficient (Wildman–Crippen LogP) is 3.93. The van der Waals surface area contributed by atoms with Crippen molar-refractivity contribution in [2.45, 2.75) is 18.2 Å².